The molecule has 1 fully saturated rings. The van der Waals surface area contributed by atoms with Crippen molar-refractivity contribution in [1.29, 1.82) is 0 Å². The number of unbranched alkanes of at least 4 members (excludes halogenated alkanes) is 2. The molecule has 2 N–H and O–H groups in total. The summed E-state index contributed by atoms with van der Waals surface area (Å²) >= 11 is 0. The van der Waals surface area contributed by atoms with Gasteiger partial charge in [0.05, 0.1) is 18.8 Å². The number of amides is 1. The number of hydrogen-bond donors (Lipinski definition) is 2. The Bertz CT molecular complexity index is 447. The molecule has 0 saturated carbocycles. The van der Waals surface area contributed by atoms with Gasteiger partial charge < -0.3 is 19.8 Å². The Morgan fingerprint density at radius 2 is 2.21 bits per heavy atom. The van der Waals surface area contributed by atoms with Gasteiger partial charge in [0.2, 0.25) is 5.91 Å². The summed E-state index contributed by atoms with van der Waals surface area (Å²) in [5, 5.41) is 18.4. The molecule has 1 saturated heterocycles. The molecule has 0 spiro atoms. The van der Waals surface area contributed by atoms with E-state index >= 15 is 0 Å². The molecular formula is C18H29NO5. The van der Waals surface area contributed by atoms with Crippen LogP contribution in [0.2, 0.25) is 0 Å². The molecule has 6 nitrogen and oxygen atoms in total. The van der Waals surface area contributed by atoms with Crippen molar-refractivity contribution in [2.75, 3.05) is 19.8 Å². The van der Waals surface area contributed by atoms with Gasteiger partial charge in [-0.15, -0.1) is 0 Å². The van der Waals surface area contributed by atoms with E-state index in [9.17, 15) is 14.7 Å². The van der Waals surface area contributed by atoms with Crippen LogP contribution in [0, 0.1) is 0 Å². The minimum absolute atomic E-state index is 0.0166. The fourth-order valence-corrected chi connectivity index (χ4v) is 2.62. The first-order chi connectivity index (χ1) is 11.5. The topological polar surface area (TPSA) is 87.1 Å². The molecular weight excluding hydrogens is 310 g/mol. The van der Waals surface area contributed by atoms with Crippen LogP contribution in [-0.2, 0) is 14.3 Å². The van der Waals surface area contributed by atoms with Crippen LogP contribution in [-0.4, -0.2) is 58.9 Å². The zero-order chi connectivity index (χ0) is 17.8. The zero-order valence-corrected chi connectivity index (χ0v) is 14.4. The number of aliphatic hydroxyl groups excluding tert-OH is 1. The highest BCUT2D eigenvalue weighted by Crippen LogP contribution is 2.20. The summed E-state index contributed by atoms with van der Waals surface area (Å²) in [7, 11) is 0. The molecule has 1 aliphatic heterocycles. The van der Waals surface area contributed by atoms with Crippen molar-refractivity contribution in [1.82, 2.24) is 4.90 Å². The molecule has 1 heterocycles. The molecule has 2 atom stereocenters. The van der Waals surface area contributed by atoms with E-state index in [-0.39, 0.29) is 25.2 Å². The Labute approximate surface area is 143 Å². The van der Waals surface area contributed by atoms with Crippen molar-refractivity contribution < 1.29 is 24.5 Å². The molecule has 0 aromatic carbocycles. The van der Waals surface area contributed by atoms with E-state index in [1.54, 1.807) is 17.1 Å². The zero-order valence-electron chi connectivity index (χ0n) is 14.4. The molecule has 0 radical (unpaired) electrons. The Morgan fingerprint density at radius 1 is 1.42 bits per heavy atom. The van der Waals surface area contributed by atoms with Crippen LogP contribution in [0.1, 0.15) is 45.4 Å². The molecule has 1 unspecified atom stereocenters. The summed E-state index contributed by atoms with van der Waals surface area (Å²) < 4.78 is 4.90. The molecule has 0 aromatic rings. The largest absolute Gasteiger partial charge is 0.480 e. The SMILES string of the molecule is CCCCC[C@@H](O)/C=C/C1CCC(=O)N1C/C=C\COCC(=O)O. The number of nitrogens with zero attached hydrogens (tertiary/aromatic N) is 1. The quantitative estimate of drug-likeness (QED) is 0.420. The van der Waals surface area contributed by atoms with Crippen LogP contribution < -0.4 is 0 Å². The third-order valence-corrected chi connectivity index (χ3v) is 3.94. The number of rotatable bonds is 12. The Morgan fingerprint density at radius 3 is 2.92 bits per heavy atom. The summed E-state index contributed by atoms with van der Waals surface area (Å²) in [4.78, 5) is 24.0. The first-order valence-corrected chi connectivity index (χ1v) is 8.65. The Hall–Kier alpha value is -1.66. The van der Waals surface area contributed by atoms with Gasteiger partial charge in [-0.25, -0.2) is 4.79 Å². The van der Waals surface area contributed by atoms with Crippen LogP contribution in [0.15, 0.2) is 24.3 Å². The van der Waals surface area contributed by atoms with Gasteiger partial charge in [0.25, 0.3) is 0 Å². The number of aliphatic carboxylic acids is 1. The van der Waals surface area contributed by atoms with E-state index in [2.05, 4.69) is 6.92 Å². The van der Waals surface area contributed by atoms with Crippen molar-refractivity contribution in [3.63, 3.8) is 0 Å². The van der Waals surface area contributed by atoms with Crippen LogP contribution in [0.3, 0.4) is 0 Å². The maximum absolute atomic E-state index is 11.9. The molecule has 0 aromatic heterocycles. The van der Waals surface area contributed by atoms with Crippen LogP contribution >= 0.6 is 0 Å². The number of carboxylic acid groups (broad SMARTS) is 1. The second kappa shape index (κ2) is 11.8. The molecule has 0 bridgehead atoms. The Kier molecular flexibility index (Phi) is 10.0. The second-order valence-corrected chi connectivity index (χ2v) is 5.98. The second-order valence-electron chi connectivity index (χ2n) is 5.98. The number of carbonyl (C=O) groups excluding carboxylic acids is 1. The summed E-state index contributed by atoms with van der Waals surface area (Å²) in [6.07, 6.45) is 12.1. The van der Waals surface area contributed by atoms with Crippen LogP contribution in [0.5, 0.6) is 0 Å². The predicted molar refractivity (Wildman–Crippen MR) is 91.6 cm³/mol. The van der Waals surface area contributed by atoms with E-state index in [1.165, 1.54) is 0 Å². The number of carbonyl (C=O) groups is 2. The number of likely N-dealkylation sites (tertiary alicyclic amines) is 1. The first kappa shape index (κ1) is 20.4. The van der Waals surface area contributed by atoms with Crippen molar-refractivity contribution >= 4 is 11.9 Å². The minimum Gasteiger partial charge on any atom is -0.480 e. The number of hydrogen-bond acceptors (Lipinski definition) is 4. The highest BCUT2D eigenvalue weighted by atomic mass is 16.5. The third-order valence-electron chi connectivity index (χ3n) is 3.94. The Balaban J connectivity index is 2.37. The summed E-state index contributed by atoms with van der Waals surface area (Å²) in [5.41, 5.74) is 0. The highest BCUT2D eigenvalue weighted by molar-refractivity contribution is 5.79. The average Bonchev–Trinajstić information content (AvgIpc) is 2.89. The molecule has 1 aliphatic rings. The fraction of sp³-hybridized carbons (Fsp3) is 0.667. The molecule has 136 valence electrons. The molecule has 1 rings (SSSR count). The molecule has 6 heteroatoms. The fourth-order valence-electron chi connectivity index (χ4n) is 2.62. The van der Waals surface area contributed by atoms with Gasteiger partial charge in [-0.05, 0) is 12.8 Å². The normalized spacial score (nSPS) is 19.7. The van der Waals surface area contributed by atoms with Gasteiger partial charge in [0, 0.05) is 13.0 Å². The maximum Gasteiger partial charge on any atom is 0.329 e. The number of ether oxygens (including phenoxy) is 1. The lowest BCUT2D eigenvalue weighted by molar-refractivity contribution is -0.141. The lowest BCUT2D eigenvalue weighted by Crippen LogP contribution is -2.32. The standard InChI is InChI=1S/C18H29NO5/c1-2-3-4-7-16(20)10-8-15-9-11-17(21)19(15)12-5-6-13-24-14-18(22)23/h5-6,8,10,15-16,20H,2-4,7,9,11-14H2,1H3,(H,22,23)/b6-5-,10-8+/t15?,16-/m1/s1. The van der Waals surface area contributed by atoms with Gasteiger partial charge in [-0.2, -0.15) is 0 Å². The van der Waals surface area contributed by atoms with E-state index in [1.807, 2.05) is 12.2 Å². The first-order valence-electron chi connectivity index (χ1n) is 8.65. The maximum atomic E-state index is 11.9. The van der Waals surface area contributed by atoms with Gasteiger partial charge >= 0.3 is 5.97 Å². The van der Waals surface area contributed by atoms with Crippen molar-refractivity contribution in [2.24, 2.45) is 0 Å². The lowest BCUT2D eigenvalue weighted by Gasteiger charge is -2.21. The average molecular weight is 339 g/mol. The summed E-state index contributed by atoms with van der Waals surface area (Å²) in [6, 6.07) is 0.0166. The van der Waals surface area contributed by atoms with Crippen LogP contribution in [0.4, 0.5) is 0 Å². The highest BCUT2D eigenvalue weighted by Gasteiger charge is 2.27. The van der Waals surface area contributed by atoms with Crippen molar-refractivity contribution in [2.45, 2.75) is 57.6 Å². The van der Waals surface area contributed by atoms with Crippen molar-refractivity contribution in [3.8, 4) is 0 Å². The molecule has 24 heavy (non-hydrogen) atoms. The predicted octanol–water partition coefficient (Wildman–Crippen LogP) is 2.13. The van der Waals surface area contributed by atoms with Gasteiger partial charge in [0.1, 0.15) is 6.61 Å². The minimum atomic E-state index is -0.999. The van der Waals surface area contributed by atoms with E-state index < -0.39 is 12.1 Å². The van der Waals surface area contributed by atoms with Gasteiger partial charge in [-0.3, -0.25) is 4.79 Å². The molecule has 1 amide bonds. The van der Waals surface area contributed by atoms with Crippen LogP contribution in [0.25, 0.3) is 0 Å². The monoisotopic (exact) mass is 339 g/mol. The molecule has 0 aliphatic carbocycles. The van der Waals surface area contributed by atoms with Gasteiger partial charge in [0.15, 0.2) is 0 Å². The summed E-state index contributed by atoms with van der Waals surface area (Å²) in [6.45, 7) is 2.49. The lowest BCUT2D eigenvalue weighted by atomic mass is 10.1. The van der Waals surface area contributed by atoms with Crippen molar-refractivity contribution in [3.05, 3.63) is 24.3 Å². The van der Waals surface area contributed by atoms with E-state index in [0.717, 1.165) is 32.1 Å². The smallest absolute Gasteiger partial charge is 0.329 e. The van der Waals surface area contributed by atoms with Gasteiger partial charge in [-0.1, -0.05) is 50.5 Å². The number of aliphatic hydroxyl groups is 1. The number of carboxylic acids is 1. The van der Waals surface area contributed by atoms with E-state index in [4.69, 9.17) is 9.84 Å². The third kappa shape index (κ3) is 8.26. The summed E-state index contributed by atoms with van der Waals surface area (Å²) in [5.74, 6) is -0.901. The van der Waals surface area contributed by atoms with E-state index in [0.29, 0.717) is 13.0 Å².